The van der Waals surface area contributed by atoms with Crippen LogP contribution in [0.25, 0.3) is 21.1 Å². The third-order valence-corrected chi connectivity index (χ3v) is 7.15. The highest BCUT2D eigenvalue weighted by Crippen LogP contribution is 2.33. The number of nitrogens with one attached hydrogen (secondary N) is 1. The number of carbonyl (C=O) groups is 1. The van der Waals surface area contributed by atoms with Crippen molar-refractivity contribution in [3.63, 3.8) is 0 Å². The predicted octanol–water partition coefficient (Wildman–Crippen LogP) is 4.64. The molecule has 2 aromatic carbocycles. The van der Waals surface area contributed by atoms with Crippen molar-refractivity contribution in [3.8, 4) is 21.1 Å². The summed E-state index contributed by atoms with van der Waals surface area (Å²) in [6, 6.07) is 23.2. The number of thiazole rings is 1. The maximum atomic E-state index is 12.3. The quantitative estimate of drug-likeness (QED) is 0.356. The van der Waals surface area contributed by atoms with Gasteiger partial charge in [0, 0.05) is 35.2 Å². The molecule has 0 aliphatic carbocycles. The molecule has 1 N–H and O–H groups in total. The molecule has 0 fully saturated rings. The van der Waals surface area contributed by atoms with Crippen LogP contribution in [-0.2, 0) is 11.3 Å². The van der Waals surface area contributed by atoms with Gasteiger partial charge in [0.15, 0.2) is 0 Å². The Morgan fingerprint density at radius 1 is 1.03 bits per heavy atom. The van der Waals surface area contributed by atoms with Gasteiger partial charge in [-0.15, -0.1) is 23.1 Å². The Hall–Kier alpha value is -3.23. The van der Waals surface area contributed by atoms with Gasteiger partial charge in [0.05, 0.1) is 17.1 Å². The Balaban J connectivity index is 1.35. The minimum atomic E-state index is -0.196. The van der Waals surface area contributed by atoms with Crippen LogP contribution in [0.2, 0.25) is 0 Å². The van der Waals surface area contributed by atoms with Gasteiger partial charge in [0.1, 0.15) is 10.7 Å². The number of nitrogens with zero attached hydrogens (tertiary/aromatic N) is 3. The molecule has 1 amide bonds. The van der Waals surface area contributed by atoms with Crippen molar-refractivity contribution < 1.29 is 4.79 Å². The molecular formula is C25H24N4O2S2. The van der Waals surface area contributed by atoms with E-state index in [9.17, 15) is 9.59 Å². The van der Waals surface area contributed by atoms with Crippen molar-refractivity contribution in [1.29, 1.82) is 0 Å². The van der Waals surface area contributed by atoms with Crippen molar-refractivity contribution in [1.82, 2.24) is 20.1 Å². The highest BCUT2D eigenvalue weighted by atomic mass is 32.2. The number of aromatic nitrogens is 3. The Kier molecular flexibility index (Phi) is 7.70. The molecule has 168 valence electrons. The average molecular weight is 477 g/mol. The number of thioether (sulfide) groups is 1. The average Bonchev–Trinajstić information content (AvgIpc) is 3.23. The summed E-state index contributed by atoms with van der Waals surface area (Å²) in [5.41, 5.74) is 2.44. The van der Waals surface area contributed by atoms with E-state index in [1.165, 1.54) is 10.7 Å². The molecule has 6 nitrogen and oxygen atoms in total. The molecule has 33 heavy (non-hydrogen) atoms. The Morgan fingerprint density at radius 2 is 1.76 bits per heavy atom. The zero-order chi connectivity index (χ0) is 23.0. The van der Waals surface area contributed by atoms with Gasteiger partial charge in [-0.2, -0.15) is 5.10 Å². The molecule has 2 heterocycles. The molecule has 0 spiro atoms. The first kappa shape index (κ1) is 22.9. The molecule has 0 unspecified atom stereocenters. The summed E-state index contributed by atoms with van der Waals surface area (Å²) in [6.45, 7) is 2.61. The van der Waals surface area contributed by atoms with Gasteiger partial charge in [-0.05, 0) is 25.1 Å². The van der Waals surface area contributed by atoms with E-state index in [0.717, 1.165) is 26.0 Å². The van der Waals surface area contributed by atoms with Crippen molar-refractivity contribution in [2.45, 2.75) is 24.8 Å². The van der Waals surface area contributed by atoms with Crippen LogP contribution in [0.4, 0.5) is 0 Å². The maximum Gasteiger partial charge on any atom is 0.266 e. The minimum absolute atomic E-state index is 0.0339. The number of rotatable bonds is 9. The van der Waals surface area contributed by atoms with E-state index >= 15 is 0 Å². The third kappa shape index (κ3) is 6.18. The molecule has 2 aromatic heterocycles. The van der Waals surface area contributed by atoms with Gasteiger partial charge in [0.25, 0.3) is 5.56 Å². The molecule has 0 saturated heterocycles. The third-order valence-electron chi connectivity index (χ3n) is 4.90. The first-order chi connectivity index (χ1) is 16.1. The van der Waals surface area contributed by atoms with Crippen molar-refractivity contribution in [2.75, 3.05) is 12.3 Å². The Labute approximate surface area is 200 Å². The van der Waals surface area contributed by atoms with E-state index in [-0.39, 0.29) is 11.5 Å². The fourth-order valence-electron chi connectivity index (χ4n) is 3.24. The largest absolute Gasteiger partial charge is 0.354 e. The molecule has 0 aliphatic rings. The lowest BCUT2D eigenvalue weighted by Crippen LogP contribution is -2.32. The number of aryl methyl sites for hydroxylation is 1. The van der Waals surface area contributed by atoms with Crippen LogP contribution in [0.1, 0.15) is 12.1 Å². The van der Waals surface area contributed by atoms with Crippen LogP contribution in [0.15, 0.2) is 82.5 Å². The molecule has 4 rings (SSSR count). The molecule has 0 radical (unpaired) electrons. The van der Waals surface area contributed by atoms with Gasteiger partial charge in [-0.25, -0.2) is 9.67 Å². The minimum Gasteiger partial charge on any atom is -0.354 e. The monoisotopic (exact) mass is 476 g/mol. The van der Waals surface area contributed by atoms with Gasteiger partial charge < -0.3 is 5.32 Å². The lowest BCUT2D eigenvalue weighted by Gasteiger charge is -2.08. The van der Waals surface area contributed by atoms with Crippen molar-refractivity contribution >= 4 is 29.0 Å². The Bertz CT molecular complexity index is 1270. The van der Waals surface area contributed by atoms with E-state index in [1.807, 2.05) is 67.6 Å². The van der Waals surface area contributed by atoms with Crippen molar-refractivity contribution in [2.24, 2.45) is 0 Å². The molecule has 4 aromatic rings. The molecule has 0 saturated carbocycles. The Morgan fingerprint density at radius 3 is 2.52 bits per heavy atom. The second-order valence-electron chi connectivity index (χ2n) is 7.34. The maximum absolute atomic E-state index is 12.3. The number of amides is 1. The van der Waals surface area contributed by atoms with Gasteiger partial charge in [-0.3, -0.25) is 9.59 Å². The van der Waals surface area contributed by atoms with E-state index in [2.05, 4.69) is 15.4 Å². The summed E-state index contributed by atoms with van der Waals surface area (Å²) in [6.07, 6.45) is 0.421. The number of benzene rings is 2. The SMILES string of the molecule is Cc1nc(-c2ccccc2)sc1-c1ccc(=O)n(CCNC(=O)CCSc2ccccc2)n1. The molecular weight excluding hydrogens is 452 g/mol. The summed E-state index contributed by atoms with van der Waals surface area (Å²) in [7, 11) is 0. The topological polar surface area (TPSA) is 76.9 Å². The lowest BCUT2D eigenvalue weighted by atomic mass is 10.2. The lowest BCUT2D eigenvalue weighted by molar-refractivity contribution is -0.120. The molecule has 0 atom stereocenters. The second kappa shape index (κ2) is 11.1. The van der Waals surface area contributed by atoms with Gasteiger partial charge in [-0.1, -0.05) is 48.5 Å². The second-order valence-corrected chi connectivity index (χ2v) is 9.51. The first-order valence-corrected chi connectivity index (χ1v) is 12.5. The van der Waals surface area contributed by atoms with Crippen LogP contribution >= 0.6 is 23.1 Å². The summed E-state index contributed by atoms with van der Waals surface area (Å²) in [4.78, 5) is 31.2. The van der Waals surface area contributed by atoms with E-state index in [0.29, 0.717) is 31.0 Å². The highest BCUT2D eigenvalue weighted by molar-refractivity contribution is 7.99. The van der Waals surface area contributed by atoms with E-state index in [1.54, 1.807) is 29.2 Å². The number of hydrogen-bond acceptors (Lipinski definition) is 6. The molecule has 8 heteroatoms. The first-order valence-electron chi connectivity index (χ1n) is 10.7. The van der Waals surface area contributed by atoms with Gasteiger partial charge in [0.2, 0.25) is 5.91 Å². The summed E-state index contributed by atoms with van der Waals surface area (Å²) >= 11 is 3.20. The fourth-order valence-corrected chi connectivity index (χ4v) is 5.15. The van der Waals surface area contributed by atoms with Crippen LogP contribution in [0.5, 0.6) is 0 Å². The molecule has 0 aliphatic heterocycles. The van der Waals surface area contributed by atoms with Crippen LogP contribution < -0.4 is 10.9 Å². The fraction of sp³-hybridized carbons (Fsp3) is 0.200. The zero-order valence-corrected chi connectivity index (χ0v) is 19.9. The zero-order valence-electron chi connectivity index (χ0n) is 18.2. The van der Waals surface area contributed by atoms with Crippen LogP contribution in [-0.4, -0.2) is 33.0 Å². The molecule has 0 bridgehead atoms. The standard InChI is InChI=1S/C25H24N4O2S2/c1-18-24(33-25(27-18)19-8-4-2-5-9-19)21-12-13-23(31)29(28-21)16-15-26-22(30)14-17-32-20-10-6-3-7-11-20/h2-13H,14-17H2,1H3,(H,26,30). The van der Waals surface area contributed by atoms with Crippen LogP contribution in [0, 0.1) is 6.92 Å². The highest BCUT2D eigenvalue weighted by Gasteiger charge is 2.13. The van der Waals surface area contributed by atoms with Crippen LogP contribution in [0.3, 0.4) is 0 Å². The smallest absolute Gasteiger partial charge is 0.266 e. The summed E-state index contributed by atoms with van der Waals surface area (Å²) in [5.74, 6) is 0.672. The van der Waals surface area contributed by atoms with Crippen molar-refractivity contribution in [3.05, 3.63) is 88.8 Å². The van der Waals surface area contributed by atoms with Gasteiger partial charge >= 0.3 is 0 Å². The summed E-state index contributed by atoms with van der Waals surface area (Å²) < 4.78 is 1.40. The number of carbonyl (C=O) groups excluding carboxylic acids is 1. The van der Waals surface area contributed by atoms with E-state index in [4.69, 9.17) is 0 Å². The summed E-state index contributed by atoms with van der Waals surface area (Å²) in [5, 5.41) is 8.33. The normalized spacial score (nSPS) is 10.8. The number of hydrogen-bond donors (Lipinski definition) is 1. The predicted molar refractivity (Wildman–Crippen MR) is 135 cm³/mol. The van der Waals surface area contributed by atoms with E-state index < -0.39 is 0 Å².